The highest BCUT2D eigenvalue weighted by atomic mass is 16.5. The number of nitrogens with one attached hydrogen (secondary N) is 2. The predicted molar refractivity (Wildman–Crippen MR) is 64.8 cm³/mol. The molecule has 0 aliphatic rings. The van der Waals surface area contributed by atoms with Gasteiger partial charge >= 0.3 is 0 Å². The Hall–Kier alpha value is -2.09. The normalized spacial score (nSPS) is 10.1. The monoisotopic (exact) mass is 255 g/mol. The lowest BCUT2D eigenvalue weighted by Crippen LogP contribution is -2.38. The number of carbonyl (C=O) groups excluding carboxylic acids is 2. The van der Waals surface area contributed by atoms with Crippen LogP contribution in [0.15, 0.2) is 6.20 Å². The molecule has 0 aliphatic carbocycles. The first kappa shape index (κ1) is 14.0. The van der Waals surface area contributed by atoms with Crippen LogP contribution in [0, 0.1) is 0 Å². The molecule has 0 bridgehead atoms. The second kappa shape index (κ2) is 6.60. The van der Waals surface area contributed by atoms with E-state index < -0.39 is 5.91 Å². The largest absolute Gasteiger partial charge is 0.383 e. The molecule has 0 aliphatic heterocycles. The summed E-state index contributed by atoms with van der Waals surface area (Å²) in [5.74, 6) is -0.461. The van der Waals surface area contributed by atoms with Gasteiger partial charge in [0, 0.05) is 20.7 Å². The molecule has 1 heterocycles. The molecular formula is C10H17N5O3. The number of nitrogens with two attached hydrogens (primary N) is 1. The van der Waals surface area contributed by atoms with E-state index in [2.05, 4.69) is 15.7 Å². The van der Waals surface area contributed by atoms with Gasteiger partial charge in [0.2, 0.25) is 5.91 Å². The van der Waals surface area contributed by atoms with Gasteiger partial charge in [0.05, 0.1) is 19.3 Å². The van der Waals surface area contributed by atoms with Crippen LogP contribution in [0.1, 0.15) is 10.4 Å². The first-order chi connectivity index (χ1) is 8.56. The average molecular weight is 255 g/mol. The van der Waals surface area contributed by atoms with Crippen molar-refractivity contribution in [2.75, 3.05) is 32.5 Å². The predicted octanol–water partition coefficient (Wildman–Crippen LogP) is -1.51. The number of nitrogen functional groups attached to an aromatic ring is 1. The molecule has 8 nitrogen and oxygen atoms in total. The van der Waals surface area contributed by atoms with Gasteiger partial charge in [-0.1, -0.05) is 0 Å². The molecule has 0 aromatic carbocycles. The molecule has 0 atom stereocenters. The summed E-state index contributed by atoms with van der Waals surface area (Å²) in [4.78, 5) is 23.0. The Morgan fingerprint density at radius 3 is 2.78 bits per heavy atom. The zero-order chi connectivity index (χ0) is 13.5. The highest BCUT2D eigenvalue weighted by Gasteiger charge is 2.14. The highest BCUT2D eigenvalue weighted by molar-refractivity contribution is 5.99. The van der Waals surface area contributed by atoms with Crippen molar-refractivity contribution < 1.29 is 14.3 Å². The van der Waals surface area contributed by atoms with E-state index in [1.807, 2.05) is 0 Å². The molecule has 0 unspecified atom stereocenters. The number of hydrogen-bond donors (Lipinski definition) is 3. The minimum absolute atomic E-state index is 0.114. The quantitative estimate of drug-likeness (QED) is 0.535. The van der Waals surface area contributed by atoms with E-state index in [1.165, 1.54) is 10.9 Å². The van der Waals surface area contributed by atoms with E-state index in [-0.39, 0.29) is 23.8 Å². The van der Waals surface area contributed by atoms with Crippen molar-refractivity contribution >= 4 is 17.6 Å². The molecule has 1 aromatic rings. The van der Waals surface area contributed by atoms with Gasteiger partial charge in [-0.05, 0) is 0 Å². The Kier molecular flexibility index (Phi) is 5.12. The van der Waals surface area contributed by atoms with Crippen molar-refractivity contribution in [2.24, 2.45) is 7.05 Å². The Morgan fingerprint density at radius 2 is 2.22 bits per heavy atom. The number of hydrogen-bond acceptors (Lipinski definition) is 5. The molecule has 1 rings (SSSR count). The third-order valence-corrected chi connectivity index (χ3v) is 2.27. The van der Waals surface area contributed by atoms with Crippen molar-refractivity contribution in [1.29, 1.82) is 0 Å². The molecule has 1 aromatic heterocycles. The fraction of sp³-hybridized carbons (Fsp3) is 0.500. The lowest BCUT2D eigenvalue weighted by Gasteiger charge is -2.06. The van der Waals surface area contributed by atoms with Gasteiger partial charge in [0.15, 0.2) is 0 Å². The number of rotatable bonds is 6. The Balaban J connectivity index is 2.37. The van der Waals surface area contributed by atoms with E-state index in [4.69, 9.17) is 10.5 Å². The maximum Gasteiger partial charge on any atom is 0.257 e. The van der Waals surface area contributed by atoms with E-state index in [0.29, 0.717) is 13.2 Å². The summed E-state index contributed by atoms with van der Waals surface area (Å²) in [6, 6.07) is 0. The molecule has 0 spiro atoms. The summed E-state index contributed by atoms with van der Waals surface area (Å²) in [7, 11) is 3.17. The number of carbonyl (C=O) groups is 2. The SMILES string of the molecule is COCCNC(=O)CNC(=O)c1cnn(C)c1N. The zero-order valence-electron chi connectivity index (χ0n) is 10.4. The lowest BCUT2D eigenvalue weighted by atomic mass is 10.3. The molecule has 100 valence electrons. The van der Waals surface area contributed by atoms with Crippen LogP contribution in [0.25, 0.3) is 0 Å². The standard InChI is InChI=1S/C10H17N5O3/c1-15-9(11)7(5-14-15)10(17)13-6-8(16)12-3-4-18-2/h5H,3-4,6,11H2,1-2H3,(H,12,16)(H,13,17). The Labute approximate surface area is 104 Å². The zero-order valence-corrected chi connectivity index (χ0v) is 10.4. The van der Waals surface area contributed by atoms with Gasteiger partial charge in [0.25, 0.3) is 5.91 Å². The average Bonchev–Trinajstić information content (AvgIpc) is 2.67. The van der Waals surface area contributed by atoms with Gasteiger partial charge in [-0.2, -0.15) is 5.10 Å². The second-order valence-electron chi connectivity index (χ2n) is 3.59. The van der Waals surface area contributed by atoms with Gasteiger partial charge < -0.3 is 21.1 Å². The summed E-state index contributed by atoms with van der Waals surface area (Å²) < 4.78 is 6.16. The fourth-order valence-electron chi connectivity index (χ4n) is 1.23. The molecule has 0 saturated carbocycles. The van der Waals surface area contributed by atoms with Gasteiger partial charge in [0.1, 0.15) is 11.4 Å². The van der Waals surface area contributed by atoms with Crippen LogP contribution >= 0.6 is 0 Å². The smallest absolute Gasteiger partial charge is 0.257 e. The third-order valence-electron chi connectivity index (χ3n) is 2.27. The van der Waals surface area contributed by atoms with E-state index in [9.17, 15) is 9.59 Å². The summed E-state index contributed by atoms with van der Waals surface area (Å²) in [6.07, 6.45) is 1.35. The van der Waals surface area contributed by atoms with E-state index in [1.54, 1.807) is 14.2 Å². The van der Waals surface area contributed by atoms with Crippen molar-refractivity contribution in [3.63, 3.8) is 0 Å². The number of ether oxygens (including phenoxy) is 1. The first-order valence-corrected chi connectivity index (χ1v) is 5.37. The van der Waals surface area contributed by atoms with Crippen LogP contribution in [0.5, 0.6) is 0 Å². The topological polar surface area (TPSA) is 111 Å². The Bertz CT molecular complexity index is 429. The molecule has 0 radical (unpaired) electrons. The maximum atomic E-state index is 11.7. The van der Waals surface area contributed by atoms with Crippen molar-refractivity contribution in [1.82, 2.24) is 20.4 Å². The number of aromatic nitrogens is 2. The summed E-state index contributed by atoms with van der Waals surface area (Å²) in [6.45, 7) is 0.715. The number of methoxy groups -OCH3 is 1. The highest BCUT2D eigenvalue weighted by Crippen LogP contribution is 2.08. The van der Waals surface area contributed by atoms with Crippen LogP contribution in [-0.4, -0.2) is 48.4 Å². The minimum atomic E-state index is -0.428. The van der Waals surface area contributed by atoms with Crippen LogP contribution < -0.4 is 16.4 Å². The molecule has 18 heavy (non-hydrogen) atoms. The number of aryl methyl sites for hydroxylation is 1. The summed E-state index contributed by atoms with van der Waals surface area (Å²) in [5, 5.41) is 8.87. The van der Waals surface area contributed by atoms with E-state index >= 15 is 0 Å². The molecule has 0 saturated heterocycles. The molecule has 0 fully saturated rings. The summed E-state index contributed by atoms with van der Waals surface area (Å²) in [5.41, 5.74) is 5.88. The van der Waals surface area contributed by atoms with Crippen LogP contribution in [-0.2, 0) is 16.6 Å². The lowest BCUT2D eigenvalue weighted by molar-refractivity contribution is -0.120. The van der Waals surface area contributed by atoms with Crippen LogP contribution in [0.3, 0.4) is 0 Å². The molecular weight excluding hydrogens is 238 g/mol. The third kappa shape index (κ3) is 3.74. The van der Waals surface area contributed by atoms with Crippen molar-refractivity contribution in [3.05, 3.63) is 11.8 Å². The first-order valence-electron chi connectivity index (χ1n) is 5.37. The minimum Gasteiger partial charge on any atom is -0.383 e. The van der Waals surface area contributed by atoms with Gasteiger partial charge in [-0.3, -0.25) is 14.3 Å². The number of amides is 2. The molecule has 8 heteroatoms. The summed E-state index contributed by atoms with van der Waals surface area (Å²) >= 11 is 0. The van der Waals surface area contributed by atoms with Crippen LogP contribution in [0.4, 0.5) is 5.82 Å². The molecule has 4 N–H and O–H groups in total. The van der Waals surface area contributed by atoms with Gasteiger partial charge in [-0.15, -0.1) is 0 Å². The Morgan fingerprint density at radius 1 is 1.50 bits per heavy atom. The fourth-order valence-corrected chi connectivity index (χ4v) is 1.23. The molecule has 2 amide bonds. The maximum absolute atomic E-state index is 11.7. The van der Waals surface area contributed by atoms with E-state index in [0.717, 1.165) is 0 Å². The van der Waals surface area contributed by atoms with Crippen molar-refractivity contribution in [3.8, 4) is 0 Å². The van der Waals surface area contributed by atoms with Crippen molar-refractivity contribution in [2.45, 2.75) is 0 Å². The second-order valence-corrected chi connectivity index (χ2v) is 3.59. The van der Waals surface area contributed by atoms with Crippen LogP contribution in [0.2, 0.25) is 0 Å². The number of nitrogens with zero attached hydrogens (tertiary/aromatic N) is 2. The van der Waals surface area contributed by atoms with Gasteiger partial charge in [-0.25, -0.2) is 0 Å². The number of anilines is 1.